The highest BCUT2D eigenvalue weighted by Crippen LogP contribution is 2.43. The van der Waals surface area contributed by atoms with Crippen molar-refractivity contribution in [3.05, 3.63) is 70.5 Å². The molecule has 1 aliphatic rings. The van der Waals surface area contributed by atoms with E-state index in [9.17, 15) is 5.11 Å². The van der Waals surface area contributed by atoms with Crippen LogP contribution in [-0.4, -0.2) is 47.8 Å². The Hall–Kier alpha value is -3.40. The Morgan fingerprint density at radius 3 is 2.59 bits per heavy atom. The fourth-order valence-electron chi connectivity index (χ4n) is 5.90. The Balaban J connectivity index is 1.74. The van der Waals surface area contributed by atoms with Crippen LogP contribution in [0.25, 0.3) is 33.2 Å². The zero-order valence-corrected chi connectivity index (χ0v) is 23.1. The second-order valence-electron chi connectivity index (χ2n) is 10.8. The molecular formula is C29H30ClFN6O2. The third-order valence-corrected chi connectivity index (χ3v) is 7.94. The first-order valence-corrected chi connectivity index (χ1v) is 13.4. The van der Waals surface area contributed by atoms with Gasteiger partial charge in [-0.25, -0.2) is 9.07 Å². The number of aliphatic hydroxyl groups is 1. The van der Waals surface area contributed by atoms with Gasteiger partial charge in [0.1, 0.15) is 0 Å². The molecule has 5 heterocycles. The van der Waals surface area contributed by atoms with E-state index in [1.54, 1.807) is 43.1 Å². The summed E-state index contributed by atoms with van der Waals surface area (Å²) in [5, 5.41) is 20.4. The number of aryl methyl sites for hydroxylation is 2. The largest absolute Gasteiger partial charge is 0.386 e. The highest BCUT2D eigenvalue weighted by molar-refractivity contribution is 6.30. The zero-order valence-electron chi connectivity index (χ0n) is 22.3. The van der Waals surface area contributed by atoms with Gasteiger partial charge in [-0.05, 0) is 57.7 Å². The molecule has 202 valence electrons. The number of fused-ring (bicyclic) bond motifs is 3. The maximum atomic E-state index is 16.6. The van der Waals surface area contributed by atoms with Crippen molar-refractivity contribution < 1.29 is 14.2 Å². The molecule has 0 spiro atoms. The molecule has 0 bridgehead atoms. The number of hydrogen-bond acceptors (Lipinski definition) is 6. The van der Waals surface area contributed by atoms with Crippen LogP contribution in [0.15, 0.2) is 42.7 Å². The van der Waals surface area contributed by atoms with Crippen LogP contribution < -0.4 is 0 Å². The van der Waals surface area contributed by atoms with Gasteiger partial charge in [0, 0.05) is 54.2 Å². The minimum atomic E-state index is -1.38. The molecule has 1 atom stereocenters. The molecule has 1 unspecified atom stereocenters. The normalized spacial score (nSPS) is 15.9. The molecule has 0 saturated carbocycles. The second-order valence-corrected chi connectivity index (χ2v) is 11.2. The summed E-state index contributed by atoms with van der Waals surface area (Å²) in [5.74, 6) is -0.366. The molecule has 5 aromatic rings. The number of rotatable bonds is 5. The molecule has 1 aliphatic heterocycles. The maximum Gasteiger partial charge on any atom is 0.153 e. The van der Waals surface area contributed by atoms with Gasteiger partial charge in [-0.3, -0.25) is 9.97 Å². The van der Waals surface area contributed by atoms with E-state index < -0.39 is 11.4 Å². The fraction of sp³-hybridized carbons (Fsp3) is 0.379. The Bertz CT molecular complexity index is 1680. The second kappa shape index (κ2) is 9.66. The number of hydrogen-bond donors (Lipinski definition) is 1. The minimum absolute atomic E-state index is 0.109. The van der Waals surface area contributed by atoms with Crippen LogP contribution in [0, 0.1) is 18.7 Å². The van der Waals surface area contributed by atoms with Crippen LogP contribution in [0.3, 0.4) is 0 Å². The summed E-state index contributed by atoms with van der Waals surface area (Å²) in [4.78, 5) is 9.57. The molecule has 1 aromatic carbocycles. The number of ether oxygens (including phenoxy) is 1. The monoisotopic (exact) mass is 548 g/mol. The molecule has 39 heavy (non-hydrogen) atoms. The van der Waals surface area contributed by atoms with Gasteiger partial charge in [-0.2, -0.15) is 0 Å². The van der Waals surface area contributed by atoms with E-state index in [4.69, 9.17) is 26.3 Å². The first-order chi connectivity index (χ1) is 18.6. The molecular weight excluding hydrogens is 519 g/mol. The quantitative estimate of drug-likeness (QED) is 0.302. The molecule has 0 radical (unpaired) electrons. The lowest BCUT2D eigenvalue weighted by Gasteiger charge is -2.32. The maximum absolute atomic E-state index is 16.6. The van der Waals surface area contributed by atoms with Gasteiger partial charge in [0.05, 0.1) is 45.3 Å². The van der Waals surface area contributed by atoms with Crippen molar-refractivity contribution in [2.45, 2.75) is 45.3 Å². The number of benzene rings is 1. The Kier molecular flexibility index (Phi) is 6.40. The van der Waals surface area contributed by atoms with Gasteiger partial charge in [0.15, 0.2) is 5.82 Å². The molecule has 8 nitrogen and oxygen atoms in total. The lowest BCUT2D eigenvalue weighted by Crippen LogP contribution is -2.28. The van der Waals surface area contributed by atoms with Crippen LogP contribution in [0.4, 0.5) is 4.39 Å². The lowest BCUT2D eigenvalue weighted by molar-refractivity contribution is 0.0547. The first-order valence-electron chi connectivity index (χ1n) is 13.1. The number of aromatic nitrogens is 6. The van der Waals surface area contributed by atoms with E-state index in [-0.39, 0.29) is 17.5 Å². The number of nitrogens with zero attached hydrogens (tertiary/aromatic N) is 6. The highest BCUT2D eigenvalue weighted by atomic mass is 35.5. The van der Waals surface area contributed by atoms with Crippen LogP contribution in [-0.2, 0) is 17.4 Å². The van der Waals surface area contributed by atoms with E-state index in [0.29, 0.717) is 34.7 Å². The molecule has 4 aromatic heterocycles. The fourth-order valence-corrected chi connectivity index (χ4v) is 6.07. The van der Waals surface area contributed by atoms with E-state index in [0.717, 1.165) is 41.0 Å². The van der Waals surface area contributed by atoms with Crippen molar-refractivity contribution in [2.24, 2.45) is 13.0 Å². The van der Waals surface area contributed by atoms with Gasteiger partial charge in [0.25, 0.3) is 0 Å². The summed E-state index contributed by atoms with van der Waals surface area (Å²) in [6.45, 7) is 6.30. The summed E-state index contributed by atoms with van der Waals surface area (Å²) < 4.78 is 26.0. The first kappa shape index (κ1) is 25.9. The van der Waals surface area contributed by atoms with Crippen LogP contribution >= 0.6 is 11.6 Å². The summed E-state index contributed by atoms with van der Waals surface area (Å²) in [5.41, 5.74) is 3.82. The van der Waals surface area contributed by atoms with Gasteiger partial charge in [-0.15, -0.1) is 5.10 Å². The molecule has 10 heteroatoms. The van der Waals surface area contributed by atoms with Crippen molar-refractivity contribution in [3.8, 4) is 11.3 Å². The van der Waals surface area contributed by atoms with E-state index in [2.05, 4.69) is 10.3 Å². The van der Waals surface area contributed by atoms with E-state index >= 15 is 4.39 Å². The lowest BCUT2D eigenvalue weighted by atomic mass is 9.88. The molecule has 1 saturated heterocycles. The van der Waals surface area contributed by atoms with Gasteiger partial charge in [-0.1, -0.05) is 28.9 Å². The van der Waals surface area contributed by atoms with Gasteiger partial charge < -0.3 is 14.4 Å². The zero-order chi connectivity index (χ0) is 27.5. The van der Waals surface area contributed by atoms with Crippen LogP contribution in [0.5, 0.6) is 0 Å². The molecule has 0 amide bonds. The predicted octanol–water partition coefficient (Wildman–Crippen LogP) is 5.72. The van der Waals surface area contributed by atoms with Crippen molar-refractivity contribution in [1.29, 1.82) is 0 Å². The molecule has 1 fully saturated rings. The van der Waals surface area contributed by atoms with E-state index in [1.165, 1.54) is 0 Å². The minimum Gasteiger partial charge on any atom is -0.386 e. The third kappa shape index (κ3) is 4.38. The van der Waals surface area contributed by atoms with Crippen LogP contribution in [0.2, 0.25) is 5.02 Å². The topological polar surface area (TPSA) is 90.9 Å². The summed E-state index contributed by atoms with van der Waals surface area (Å²) in [6, 6.07) is 8.76. The SMILES string of the molecule is Cc1nnn(C)c1-c1cnc2c3ccc(C(C)(C)O)c(F)c3n(C(c3cc(Cl)ccn3)C3CCOCC3)c2c1. The average Bonchev–Trinajstić information content (AvgIpc) is 3.41. The third-order valence-electron chi connectivity index (χ3n) is 7.70. The van der Waals surface area contributed by atoms with Crippen molar-refractivity contribution in [3.63, 3.8) is 0 Å². The van der Waals surface area contributed by atoms with Gasteiger partial charge in [0.2, 0.25) is 0 Å². The summed E-state index contributed by atoms with van der Waals surface area (Å²) in [6.07, 6.45) is 5.03. The number of pyridine rings is 2. The predicted molar refractivity (Wildman–Crippen MR) is 148 cm³/mol. The molecule has 6 rings (SSSR count). The van der Waals surface area contributed by atoms with E-state index in [1.807, 2.05) is 36.7 Å². The average molecular weight is 549 g/mol. The van der Waals surface area contributed by atoms with Crippen molar-refractivity contribution >= 4 is 33.5 Å². The smallest absolute Gasteiger partial charge is 0.153 e. The Morgan fingerprint density at radius 2 is 1.92 bits per heavy atom. The van der Waals surface area contributed by atoms with Gasteiger partial charge >= 0.3 is 0 Å². The van der Waals surface area contributed by atoms with Crippen molar-refractivity contribution in [2.75, 3.05) is 13.2 Å². The molecule has 0 aliphatic carbocycles. The number of halogens is 2. The highest BCUT2D eigenvalue weighted by Gasteiger charge is 2.34. The summed E-state index contributed by atoms with van der Waals surface area (Å²) in [7, 11) is 1.84. The Labute approximate surface area is 230 Å². The van der Waals surface area contributed by atoms with Crippen molar-refractivity contribution in [1.82, 2.24) is 29.5 Å². The Morgan fingerprint density at radius 1 is 1.15 bits per heavy atom. The summed E-state index contributed by atoms with van der Waals surface area (Å²) >= 11 is 6.46. The van der Waals surface area contributed by atoms with Crippen LogP contribution in [0.1, 0.15) is 49.7 Å². The standard InChI is InChI=1S/C29H30ClFN6O2/c1-16-26(36(4)35-34-16)18-13-23-25(33-15-18)20-5-6-21(29(2,3)38)24(31)28(20)37(23)27(17-8-11-39-12-9-17)22-14-19(30)7-10-32-22/h5-7,10,13-15,17,27,38H,8-9,11-12H2,1-4H3. The molecule has 1 N–H and O–H groups in total.